The Morgan fingerprint density at radius 1 is 1.22 bits per heavy atom. The molecule has 29 heteroatoms. The second kappa shape index (κ2) is 14.5. The van der Waals surface area contributed by atoms with E-state index in [9.17, 15) is 43.2 Å². The molecule has 0 saturated carbocycles. The van der Waals surface area contributed by atoms with Gasteiger partial charge in [-0.3, -0.25) is 23.1 Å². The molecule has 5 heterocycles. The van der Waals surface area contributed by atoms with Crippen LogP contribution in [0.1, 0.15) is 26.3 Å². The molecular formula is C21H22N8O16P3S2-3. The van der Waals surface area contributed by atoms with Gasteiger partial charge in [-0.05, 0) is 7.05 Å². The van der Waals surface area contributed by atoms with Crippen LogP contribution < -0.4 is 31.0 Å². The van der Waals surface area contributed by atoms with Crippen LogP contribution in [0.25, 0.3) is 11.2 Å². The molecule has 5 rings (SSSR count). The molecule has 2 aliphatic heterocycles. The van der Waals surface area contributed by atoms with Crippen LogP contribution in [0.2, 0.25) is 0 Å². The molecule has 2 saturated heterocycles. The lowest BCUT2D eigenvalue weighted by Crippen LogP contribution is -2.34. The van der Waals surface area contributed by atoms with Crippen molar-refractivity contribution >= 4 is 81.7 Å². The van der Waals surface area contributed by atoms with Gasteiger partial charge in [-0.2, -0.15) is 5.26 Å². The maximum absolute atomic E-state index is 13.5. The molecule has 50 heavy (non-hydrogen) atoms. The molecule has 0 spiro atoms. The molecule has 2 aliphatic rings. The Bertz CT molecular complexity index is 2080. The number of nitrogen functional groups attached to an aromatic ring is 1. The number of amides is 1. The fraction of sp³-hybridized carbons (Fsp3) is 0.429. The highest BCUT2D eigenvalue weighted by Gasteiger charge is 2.55. The van der Waals surface area contributed by atoms with Crippen molar-refractivity contribution in [2.75, 3.05) is 31.8 Å². The second-order valence-electron chi connectivity index (χ2n) is 9.92. The molecule has 8 unspecified atom stereocenters. The van der Waals surface area contributed by atoms with Crippen molar-refractivity contribution in [3.8, 4) is 6.07 Å². The Balaban J connectivity index is 1.43. The molecule has 1 amide bonds. The van der Waals surface area contributed by atoms with Crippen molar-refractivity contribution in [2.24, 2.45) is 0 Å². The van der Waals surface area contributed by atoms with E-state index < -0.39 is 72.8 Å². The number of nitrogens with two attached hydrogens (primary N) is 1. The lowest BCUT2D eigenvalue weighted by Gasteiger charge is -2.33. The Morgan fingerprint density at radius 3 is 2.56 bits per heavy atom. The number of anilines is 2. The Kier molecular flexibility index (Phi) is 11.1. The lowest BCUT2D eigenvalue weighted by molar-refractivity contribution is -0.250. The molecule has 0 aromatic carbocycles. The number of carbonyl (C=O) groups excluding carboxylic acids is 2. The Morgan fingerprint density at radius 2 is 1.92 bits per heavy atom. The number of fused-ring (bicyclic) bond motifs is 2. The summed E-state index contributed by atoms with van der Waals surface area (Å²) < 4.78 is 69.8. The zero-order valence-corrected chi connectivity index (χ0v) is 29.3. The van der Waals surface area contributed by atoms with E-state index in [0.717, 1.165) is 18.4 Å². The number of nitrogens with one attached hydrogen (secondary N) is 3. The number of nitriles is 1. The van der Waals surface area contributed by atoms with E-state index in [1.54, 1.807) is 7.05 Å². The van der Waals surface area contributed by atoms with Gasteiger partial charge in [-0.15, -0.1) is 11.3 Å². The van der Waals surface area contributed by atoms with Gasteiger partial charge in [-0.25, -0.2) is 23.4 Å². The van der Waals surface area contributed by atoms with E-state index in [1.807, 2.05) is 6.07 Å². The van der Waals surface area contributed by atoms with Crippen molar-refractivity contribution in [3.63, 3.8) is 0 Å². The number of H-pyrrole nitrogens is 1. The van der Waals surface area contributed by atoms with E-state index in [2.05, 4.69) is 38.7 Å². The van der Waals surface area contributed by atoms with Gasteiger partial charge in [0.1, 0.15) is 40.4 Å². The van der Waals surface area contributed by atoms with Crippen molar-refractivity contribution < 1.29 is 75.0 Å². The average Bonchev–Trinajstić information content (AvgIpc) is 3.76. The minimum Gasteiger partial charge on any atom is -0.756 e. The van der Waals surface area contributed by atoms with Crippen LogP contribution in [0, 0.1) is 16.0 Å². The molecule has 8 atom stereocenters. The topological polar surface area (TPSA) is 360 Å². The first-order chi connectivity index (χ1) is 23.4. The van der Waals surface area contributed by atoms with Crippen LogP contribution in [0.5, 0.6) is 0 Å². The molecule has 24 nitrogen and oxygen atoms in total. The van der Waals surface area contributed by atoms with Crippen molar-refractivity contribution in [1.29, 1.82) is 5.26 Å². The number of imidazole rings is 1. The zero-order valence-electron chi connectivity index (χ0n) is 25.0. The fourth-order valence-electron chi connectivity index (χ4n) is 4.83. The number of phosphoric ester groups is 1. The fourth-order valence-corrected chi connectivity index (χ4v) is 9.11. The van der Waals surface area contributed by atoms with Gasteiger partial charge in [0.05, 0.1) is 31.3 Å². The molecule has 6 N–H and O–H groups in total. The van der Waals surface area contributed by atoms with Crippen LogP contribution in [0.3, 0.4) is 0 Å². The molecule has 0 radical (unpaired) electrons. The first kappa shape index (κ1) is 38.2. The number of thiophene rings is 1. The number of aromatic amines is 1. The quantitative estimate of drug-likeness (QED) is 0.0754. The monoisotopic (exact) mass is 799 g/mol. The number of phosphoric acid groups is 3. The van der Waals surface area contributed by atoms with Crippen molar-refractivity contribution in [2.45, 2.75) is 37.4 Å². The number of hydrogen-bond acceptors (Lipinski definition) is 22. The normalized spacial score (nSPS) is 25.3. The Hall–Kier alpha value is -3.05. The third-order valence-corrected chi connectivity index (χ3v) is 11.8. The number of rotatable bonds is 13. The average molecular weight is 800 g/mol. The highest BCUT2D eigenvalue weighted by molar-refractivity contribution is 7.71. The predicted octanol–water partition coefficient (Wildman–Crippen LogP) is -1.40. The van der Waals surface area contributed by atoms with Gasteiger partial charge in [0, 0.05) is 11.4 Å². The largest absolute Gasteiger partial charge is 0.756 e. The van der Waals surface area contributed by atoms with Gasteiger partial charge in [-0.1, -0.05) is 12.2 Å². The number of ether oxygens (including phenoxy) is 4. The van der Waals surface area contributed by atoms with Gasteiger partial charge < -0.3 is 64.4 Å². The lowest BCUT2D eigenvalue weighted by atomic mass is 10.1. The summed E-state index contributed by atoms with van der Waals surface area (Å²) in [4.78, 5) is 80.4. The molecule has 3 aromatic rings. The molecule has 3 aromatic heterocycles. The summed E-state index contributed by atoms with van der Waals surface area (Å²) in [6.07, 6.45) is -6.05. The highest BCUT2D eigenvalue weighted by atomic mass is 32.1. The summed E-state index contributed by atoms with van der Waals surface area (Å²) in [5, 5.41) is 15.1. The maximum atomic E-state index is 13.5. The second-order valence-corrected chi connectivity index (χ2v) is 15.7. The molecule has 0 aliphatic carbocycles. The number of carbonyl (C=O) groups is 2. The summed E-state index contributed by atoms with van der Waals surface area (Å²) in [5.74, 6) is -2.00. The molecule has 2 fully saturated rings. The van der Waals surface area contributed by atoms with Gasteiger partial charge >= 0.3 is 5.97 Å². The standard InChI is InChI=1S/C21H25N8O16P3S2/c1-24-4-9-7(3-22)10(14(50-9)19(31)39-2)26-16(30)20-42-12-8(5-40-47(35,36)45-48(37,38)44-46(32,33)34)41-18(13(12)43-20)29-6-25-11-15(29)27-21(23)28-17(11)49/h6,8,12-13,18,20,24H,4-5H2,1-2H3,(H,26,30)(H,35,36)(H,37,38)(H2,32,33,34)(H3,23,27,28,49)/p-3. The molecule has 0 bridgehead atoms. The van der Waals surface area contributed by atoms with Crippen LogP contribution in [0.15, 0.2) is 6.33 Å². The van der Waals surface area contributed by atoms with E-state index in [-0.39, 0.29) is 44.4 Å². The first-order valence-electron chi connectivity index (χ1n) is 13.4. The zero-order chi connectivity index (χ0) is 36.8. The summed E-state index contributed by atoms with van der Waals surface area (Å²) >= 11 is 6.08. The maximum Gasteiger partial charge on any atom is 0.350 e. The predicted molar refractivity (Wildman–Crippen MR) is 159 cm³/mol. The van der Waals surface area contributed by atoms with Gasteiger partial charge in [0.15, 0.2) is 16.8 Å². The first-order valence-corrected chi connectivity index (χ1v) is 19.0. The number of esters is 1. The van der Waals surface area contributed by atoms with E-state index in [1.165, 1.54) is 10.9 Å². The van der Waals surface area contributed by atoms with Gasteiger partial charge in [0.2, 0.25) is 6.29 Å². The van der Waals surface area contributed by atoms with Crippen molar-refractivity contribution in [3.05, 3.63) is 26.3 Å². The Labute approximate surface area is 287 Å². The number of hydrogen-bond donors (Lipinski definition) is 5. The molecule has 272 valence electrons. The minimum atomic E-state index is -6.22. The van der Waals surface area contributed by atoms with Crippen LogP contribution in [-0.2, 0) is 57.1 Å². The molecular weight excluding hydrogens is 777 g/mol. The summed E-state index contributed by atoms with van der Waals surface area (Å²) in [6.45, 7) is -0.923. The number of aromatic nitrogens is 4. The van der Waals surface area contributed by atoms with Crippen LogP contribution in [-0.4, -0.2) is 81.7 Å². The van der Waals surface area contributed by atoms with E-state index in [0.29, 0.717) is 4.88 Å². The third kappa shape index (κ3) is 8.19. The minimum absolute atomic E-state index is 0.00685. The van der Waals surface area contributed by atoms with E-state index in [4.69, 9.17) is 41.8 Å². The summed E-state index contributed by atoms with van der Waals surface area (Å²) in [6, 6.07) is 1.93. The third-order valence-electron chi connectivity index (χ3n) is 6.65. The van der Waals surface area contributed by atoms with E-state index >= 15 is 0 Å². The number of methoxy groups -OCH3 is 1. The summed E-state index contributed by atoms with van der Waals surface area (Å²) in [5.41, 5.74) is 5.86. The SMILES string of the molecule is CNCc1sc(C(=O)OC)c(NC(=O)C2OC3C(COP(=O)([O-])OP(=O)([O-])OP(=O)([O-])O)OC(n4cnc5c(=S)nc(N)[nH]c54)C3O2)c1C#N. The van der Waals surface area contributed by atoms with Crippen LogP contribution in [0.4, 0.5) is 11.6 Å². The van der Waals surface area contributed by atoms with Crippen LogP contribution >= 0.6 is 47.0 Å². The number of nitrogens with zero attached hydrogens (tertiary/aromatic N) is 4. The summed E-state index contributed by atoms with van der Waals surface area (Å²) in [7, 11) is -15.5. The smallest absolute Gasteiger partial charge is 0.350 e. The van der Waals surface area contributed by atoms with Crippen molar-refractivity contribution in [1.82, 2.24) is 24.8 Å². The van der Waals surface area contributed by atoms with Gasteiger partial charge in [0.25, 0.3) is 29.4 Å². The highest BCUT2D eigenvalue weighted by Crippen LogP contribution is 2.61.